The molecular formula is C26H31N3O3. The van der Waals surface area contributed by atoms with Crippen molar-refractivity contribution in [3.8, 4) is 0 Å². The molecule has 1 fully saturated rings. The summed E-state index contributed by atoms with van der Waals surface area (Å²) in [5.74, 6) is 0.525. The zero-order valence-corrected chi connectivity index (χ0v) is 19.1. The number of benzene rings is 1. The van der Waals surface area contributed by atoms with Crippen molar-refractivity contribution in [2.45, 2.75) is 77.4 Å². The van der Waals surface area contributed by atoms with Crippen LogP contribution in [-0.2, 0) is 11.3 Å². The molecule has 3 heterocycles. The van der Waals surface area contributed by atoms with E-state index in [4.69, 9.17) is 4.42 Å². The van der Waals surface area contributed by atoms with Crippen LogP contribution in [-0.4, -0.2) is 28.0 Å². The van der Waals surface area contributed by atoms with Crippen LogP contribution in [0.4, 0.5) is 5.69 Å². The van der Waals surface area contributed by atoms with Gasteiger partial charge in [-0.1, -0.05) is 43.4 Å². The third kappa shape index (κ3) is 3.42. The third-order valence-electron chi connectivity index (χ3n) is 7.07. The van der Waals surface area contributed by atoms with Gasteiger partial charge in [0.2, 0.25) is 5.91 Å². The Balaban J connectivity index is 1.58. The summed E-state index contributed by atoms with van der Waals surface area (Å²) in [5.41, 5.74) is 2.90. The molecule has 2 aromatic heterocycles. The predicted molar refractivity (Wildman–Crippen MR) is 125 cm³/mol. The normalized spacial score (nSPS) is 22.1. The number of rotatable bonds is 3. The Morgan fingerprint density at radius 2 is 1.75 bits per heavy atom. The summed E-state index contributed by atoms with van der Waals surface area (Å²) in [6, 6.07) is 11.7. The second kappa shape index (κ2) is 7.84. The highest BCUT2D eigenvalue weighted by Crippen LogP contribution is 2.37. The van der Waals surface area contributed by atoms with Crippen LogP contribution in [0.3, 0.4) is 0 Å². The van der Waals surface area contributed by atoms with Crippen LogP contribution in [0.2, 0.25) is 0 Å². The second-order valence-electron chi connectivity index (χ2n) is 9.63. The number of furan rings is 1. The van der Waals surface area contributed by atoms with Crippen LogP contribution < -0.4 is 10.2 Å². The Labute approximate surface area is 188 Å². The molecule has 0 saturated heterocycles. The van der Waals surface area contributed by atoms with Gasteiger partial charge in [0.05, 0.1) is 12.1 Å². The van der Waals surface area contributed by atoms with E-state index in [2.05, 4.69) is 5.32 Å². The smallest absolute Gasteiger partial charge is 0.276 e. The van der Waals surface area contributed by atoms with Gasteiger partial charge in [-0.25, -0.2) is 0 Å². The van der Waals surface area contributed by atoms with Gasteiger partial charge in [-0.05, 0) is 45.7 Å². The number of amides is 2. The molecule has 1 aliphatic carbocycles. The first-order valence-corrected chi connectivity index (χ1v) is 11.7. The van der Waals surface area contributed by atoms with E-state index in [0.717, 1.165) is 48.2 Å². The first-order valence-electron chi connectivity index (χ1n) is 11.7. The Hall–Kier alpha value is -3.02. The number of nitrogens with zero attached hydrogens (tertiary/aromatic N) is 2. The van der Waals surface area contributed by atoms with Crippen molar-refractivity contribution in [1.82, 2.24) is 9.88 Å². The van der Waals surface area contributed by atoms with E-state index in [-0.39, 0.29) is 17.9 Å². The molecule has 0 radical (unpaired) electrons. The van der Waals surface area contributed by atoms with E-state index in [1.807, 2.05) is 55.7 Å². The summed E-state index contributed by atoms with van der Waals surface area (Å²) in [6.07, 6.45) is 6.72. The molecule has 168 valence electrons. The molecule has 2 aliphatic rings. The van der Waals surface area contributed by atoms with Crippen molar-refractivity contribution in [3.05, 3.63) is 53.4 Å². The van der Waals surface area contributed by atoms with Crippen molar-refractivity contribution < 1.29 is 14.0 Å². The molecule has 1 saturated carbocycles. The average molecular weight is 434 g/mol. The summed E-state index contributed by atoms with van der Waals surface area (Å²) in [7, 11) is 0. The minimum absolute atomic E-state index is 0.0916. The van der Waals surface area contributed by atoms with Crippen molar-refractivity contribution in [3.63, 3.8) is 0 Å². The number of hydrogen-bond donors (Lipinski definition) is 1. The Morgan fingerprint density at radius 1 is 1.06 bits per heavy atom. The Bertz CT molecular complexity index is 1170. The van der Waals surface area contributed by atoms with Crippen LogP contribution in [0.15, 0.2) is 40.8 Å². The SMILES string of the molecule is Cc1ccc(N2C(=O)c3cc4oc(C)cc4n3CC2(C)C(=O)NC2CCCCCC2)cc1. The maximum atomic E-state index is 13.8. The molecule has 1 aliphatic heterocycles. The number of aryl methyl sites for hydroxylation is 2. The number of carbonyl (C=O) groups is 2. The van der Waals surface area contributed by atoms with E-state index in [9.17, 15) is 9.59 Å². The molecule has 1 atom stereocenters. The van der Waals surface area contributed by atoms with Crippen molar-refractivity contribution >= 4 is 28.6 Å². The first-order chi connectivity index (χ1) is 15.4. The highest BCUT2D eigenvalue weighted by Gasteiger charge is 2.49. The molecule has 1 aromatic carbocycles. The van der Waals surface area contributed by atoms with E-state index < -0.39 is 5.54 Å². The molecule has 0 bridgehead atoms. The summed E-state index contributed by atoms with van der Waals surface area (Å²) < 4.78 is 7.75. The summed E-state index contributed by atoms with van der Waals surface area (Å²) in [6.45, 7) is 6.18. The third-order valence-corrected chi connectivity index (χ3v) is 7.07. The molecule has 6 heteroatoms. The van der Waals surface area contributed by atoms with Gasteiger partial charge in [-0.3, -0.25) is 14.5 Å². The lowest BCUT2D eigenvalue weighted by atomic mass is 9.92. The predicted octanol–water partition coefficient (Wildman–Crippen LogP) is 5.11. The minimum Gasteiger partial charge on any atom is -0.460 e. The minimum atomic E-state index is -1.05. The van der Waals surface area contributed by atoms with Gasteiger partial charge in [0.1, 0.15) is 17.0 Å². The second-order valence-corrected chi connectivity index (χ2v) is 9.63. The number of carbonyl (C=O) groups excluding carboxylic acids is 2. The average Bonchev–Trinajstić information content (AvgIpc) is 3.15. The topological polar surface area (TPSA) is 67.5 Å². The van der Waals surface area contributed by atoms with E-state index in [1.165, 1.54) is 12.8 Å². The molecule has 0 spiro atoms. The summed E-state index contributed by atoms with van der Waals surface area (Å²) >= 11 is 0. The molecule has 6 nitrogen and oxygen atoms in total. The fraction of sp³-hybridized carbons (Fsp3) is 0.462. The molecule has 2 amide bonds. The highest BCUT2D eigenvalue weighted by atomic mass is 16.3. The lowest BCUT2D eigenvalue weighted by Crippen LogP contribution is -2.65. The van der Waals surface area contributed by atoms with Gasteiger partial charge in [0, 0.05) is 23.9 Å². The monoisotopic (exact) mass is 433 g/mol. The fourth-order valence-electron chi connectivity index (χ4n) is 5.26. The molecule has 1 unspecified atom stereocenters. The van der Waals surface area contributed by atoms with Crippen molar-refractivity contribution in [2.75, 3.05) is 4.90 Å². The van der Waals surface area contributed by atoms with Gasteiger partial charge in [-0.2, -0.15) is 0 Å². The first kappa shape index (κ1) is 20.9. The highest BCUT2D eigenvalue weighted by molar-refractivity contribution is 6.13. The number of aromatic nitrogens is 1. The number of anilines is 1. The summed E-state index contributed by atoms with van der Waals surface area (Å²) in [5, 5.41) is 3.31. The lowest BCUT2D eigenvalue weighted by molar-refractivity contribution is -0.127. The fourth-order valence-corrected chi connectivity index (χ4v) is 5.26. The van der Waals surface area contributed by atoms with Gasteiger partial charge >= 0.3 is 0 Å². The van der Waals surface area contributed by atoms with E-state index in [1.54, 1.807) is 11.0 Å². The van der Waals surface area contributed by atoms with Crippen molar-refractivity contribution in [2.24, 2.45) is 0 Å². The van der Waals surface area contributed by atoms with Crippen LogP contribution in [0.1, 0.15) is 67.3 Å². The van der Waals surface area contributed by atoms with Crippen LogP contribution in [0.25, 0.3) is 11.1 Å². The zero-order chi connectivity index (χ0) is 22.5. The number of fused-ring (bicyclic) bond motifs is 3. The molecular weight excluding hydrogens is 402 g/mol. The standard InChI is InChI=1S/C26H31N3O3/c1-17-10-12-20(13-11-17)29-24(30)22-15-23-21(14-18(2)32-23)28(22)16-26(29,3)25(31)27-19-8-6-4-5-7-9-19/h10-15,19H,4-9,16H2,1-3H3,(H,27,31). The number of nitrogens with one attached hydrogen (secondary N) is 1. The summed E-state index contributed by atoms with van der Waals surface area (Å²) in [4.78, 5) is 29.3. The largest absolute Gasteiger partial charge is 0.460 e. The van der Waals surface area contributed by atoms with Crippen LogP contribution in [0.5, 0.6) is 0 Å². The van der Waals surface area contributed by atoms with Gasteiger partial charge < -0.3 is 14.3 Å². The van der Waals surface area contributed by atoms with Gasteiger partial charge in [-0.15, -0.1) is 0 Å². The number of hydrogen-bond acceptors (Lipinski definition) is 3. The van der Waals surface area contributed by atoms with Crippen LogP contribution in [0, 0.1) is 13.8 Å². The molecule has 1 N–H and O–H groups in total. The quantitative estimate of drug-likeness (QED) is 0.584. The van der Waals surface area contributed by atoms with Crippen molar-refractivity contribution in [1.29, 1.82) is 0 Å². The molecule has 3 aromatic rings. The van der Waals surface area contributed by atoms with E-state index >= 15 is 0 Å². The van der Waals surface area contributed by atoms with Gasteiger partial charge in [0.25, 0.3) is 5.91 Å². The maximum Gasteiger partial charge on any atom is 0.276 e. The Morgan fingerprint density at radius 3 is 2.44 bits per heavy atom. The van der Waals surface area contributed by atoms with E-state index in [0.29, 0.717) is 17.8 Å². The molecule has 5 rings (SSSR count). The van der Waals surface area contributed by atoms with Gasteiger partial charge in [0.15, 0.2) is 5.58 Å². The lowest BCUT2D eigenvalue weighted by Gasteiger charge is -2.44. The maximum absolute atomic E-state index is 13.8. The molecule has 32 heavy (non-hydrogen) atoms. The van der Waals surface area contributed by atoms with Crippen LogP contribution >= 0.6 is 0 Å². The zero-order valence-electron chi connectivity index (χ0n) is 19.1. The Kier molecular flexibility index (Phi) is 5.11.